The van der Waals surface area contributed by atoms with Crippen molar-refractivity contribution in [3.8, 4) is 23.0 Å². The van der Waals surface area contributed by atoms with Crippen LogP contribution in [0.25, 0.3) is 38.1 Å². The predicted octanol–water partition coefficient (Wildman–Crippen LogP) is 4.30. The van der Waals surface area contributed by atoms with Crippen LogP contribution in [0, 0.1) is 0 Å². The summed E-state index contributed by atoms with van der Waals surface area (Å²) >= 11 is 0. The lowest BCUT2D eigenvalue weighted by Crippen LogP contribution is -2.48. The highest BCUT2D eigenvalue weighted by Gasteiger charge is 2.27. The Bertz CT molecular complexity index is 2130. The number of nitrogens with zero attached hydrogens (tertiary/aromatic N) is 4. The Balaban J connectivity index is 1.18. The highest BCUT2D eigenvalue weighted by atomic mass is 16.7. The highest BCUT2D eigenvalue weighted by molar-refractivity contribution is 6.21. The van der Waals surface area contributed by atoms with Crippen molar-refractivity contribution in [1.82, 2.24) is 19.2 Å². The Morgan fingerprint density at radius 1 is 0.884 bits per heavy atom. The SMILES string of the molecule is COc1ccc2c(c1OC)c(=O)n1c3ccccc3c3cc(C(=O)N4CCN(Cc5ccc6c(c5)OCO6)CC4)nc2c31. The number of carbonyl (C=O) groups is 1. The van der Waals surface area contributed by atoms with Crippen molar-refractivity contribution >= 4 is 44.0 Å². The molecule has 0 spiro atoms. The smallest absolute Gasteiger partial charge is 0.272 e. The van der Waals surface area contributed by atoms with Crippen molar-refractivity contribution in [2.75, 3.05) is 47.2 Å². The van der Waals surface area contributed by atoms with Gasteiger partial charge >= 0.3 is 0 Å². The third-order valence-electron chi connectivity index (χ3n) is 8.59. The molecule has 10 heteroatoms. The molecule has 1 amide bonds. The molecule has 3 aromatic carbocycles. The molecular formula is C33H28N4O6. The first-order chi connectivity index (χ1) is 21.1. The summed E-state index contributed by atoms with van der Waals surface area (Å²) < 4.78 is 23.8. The third kappa shape index (κ3) is 3.86. The van der Waals surface area contributed by atoms with Crippen LogP contribution in [0.15, 0.2) is 65.5 Å². The topological polar surface area (TPSA) is 94.8 Å². The number of hydrogen-bond acceptors (Lipinski definition) is 8. The summed E-state index contributed by atoms with van der Waals surface area (Å²) in [7, 11) is 3.06. The zero-order valence-electron chi connectivity index (χ0n) is 23.8. The molecule has 0 unspecified atom stereocenters. The van der Waals surface area contributed by atoms with Crippen LogP contribution in [0.1, 0.15) is 16.1 Å². The summed E-state index contributed by atoms with van der Waals surface area (Å²) in [6.07, 6.45) is 0. The van der Waals surface area contributed by atoms with Gasteiger partial charge in [-0.25, -0.2) is 4.98 Å². The van der Waals surface area contributed by atoms with Crippen molar-refractivity contribution in [2.45, 2.75) is 6.54 Å². The van der Waals surface area contributed by atoms with E-state index in [9.17, 15) is 9.59 Å². The van der Waals surface area contributed by atoms with Gasteiger partial charge in [-0.3, -0.25) is 18.9 Å². The van der Waals surface area contributed by atoms with Crippen molar-refractivity contribution in [3.63, 3.8) is 0 Å². The number of piperazine rings is 1. The van der Waals surface area contributed by atoms with Gasteiger partial charge < -0.3 is 23.8 Å². The number of benzene rings is 3. The van der Waals surface area contributed by atoms with Crippen LogP contribution in [0.5, 0.6) is 23.0 Å². The van der Waals surface area contributed by atoms with Gasteiger partial charge in [0, 0.05) is 48.9 Å². The molecule has 1 fully saturated rings. The molecule has 0 N–H and O–H groups in total. The molecule has 2 aliphatic heterocycles. The van der Waals surface area contributed by atoms with E-state index < -0.39 is 0 Å². The van der Waals surface area contributed by atoms with Crippen molar-refractivity contribution in [2.24, 2.45) is 0 Å². The summed E-state index contributed by atoms with van der Waals surface area (Å²) in [4.78, 5) is 37.1. The highest BCUT2D eigenvalue weighted by Crippen LogP contribution is 2.39. The molecule has 1 saturated heterocycles. The van der Waals surface area contributed by atoms with Crippen molar-refractivity contribution in [3.05, 3.63) is 82.3 Å². The van der Waals surface area contributed by atoms with Gasteiger partial charge in [0.2, 0.25) is 6.79 Å². The van der Waals surface area contributed by atoms with Crippen LogP contribution in [-0.4, -0.2) is 72.3 Å². The van der Waals surface area contributed by atoms with Crippen LogP contribution < -0.4 is 24.5 Å². The number of amides is 1. The molecule has 0 aliphatic carbocycles. The molecule has 8 rings (SSSR count). The summed E-state index contributed by atoms with van der Waals surface area (Å²) in [6, 6.07) is 19.2. The van der Waals surface area contributed by atoms with Gasteiger partial charge in [-0.05, 0) is 42.0 Å². The average Bonchev–Trinajstić information content (AvgIpc) is 3.65. The lowest BCUT2D eigenvalue weighted by molar-refractivity contribution is 0.0623. The second-order valence-electron chi connectivity index (χ2n) is 10.9. The second-order valence-corrected chi connectivity index (χ2v) is 10.9. The lowest BCUT2D eigenvalue weighted by atomic mass is 10.1. The minimum atomic E-state index is -0.219. The zero-order valence-corrected chi connectivity index (χ0v) is 23.8. The van der Waals surface area contributed by atoms with E-state index in [0.717, 1.165) is 53.0 Å². The first-order valence-electron chi connectivity index (χ1n) is 14.2. The number of pyridine rings is 2. The fourth-order valence-electron chi connectivity index (χ4n) is 6.51. The van der Waals surface area contributed by atoms with Gasteiger partial charge in [0.15, 0.2) is 23.0 Å². The van der Waals surface area contributed by atoms with E-state index in [-0.39, 0.29) is 18.3 Å². The molecule has 3 aromatic heterocycles. The molecule has 0 atom stereocenters. The minimum Gasteiger partial charge on any atom is -0.493 e. The number of aromatic nitrogens is 2. The van der Waals surface area contributed by atoms with Crippen LogP contribution in [0.2, 0.25) is 0 Å². The quantitative estimate of drug-likeness (QED) is 0.281. The Morgan fingerprint density at radius 2 is 1.70 bits per heavy atom. The molecule has 216 valence electrons. The van der Waals surface area contributed by atoms with E-state index in [2.05, 4.69) is 11.0 Å². The van der Waals surface area contributed by atoms with Gasteiger partial charge in [0.1, 0.15) is 5.69 Å². The van der Waals surface area contributed by atoms with E-state index in [4.69, 9.17) is 23.9 Å². The number of methoxy groups -OCH3 is 2. The summed E-state index contributed by atoms with van der Waals surface area (Å²) in [5.41, 5.74) is 3.30. The maximum atomic E-state index is 14.0. The number of fused-ring (bicyclic) bond motifs is 6. The Morgan fingerprint density at radius 3 is 2.51 bits per heavy atom. The molecular weight excluding hydrogens is 548 g/mol. The largest absolute Gasteiger partial charge is 0.493 e. The summed E-state index contributed by atoms with van der Waals surface area (Å²) in [6.45, 7) is 3.67. The van der Waals surface area contributed by atoms with Gasteiger partial charge in [-0.15, -0.1) is 0 Å². The number of rotatable bonds is 5. The van der Waals surface area contributed by atoms with Crippen molar-refractivity contribution < 1.29 is 23.7 Å². The van der Waals surface area contributed by atoms with Gasteiger partial charge in [-0.1, -0.05) is 24.3 Å². The lowest BCUT2D eigenvalue weighted by Gasteiger charge is -2.34. The first-order valence-corrected chi connectivity index (χ1v) is 14.2. The monoisotopic (exact) mass is 576 g/mol. The average molecular weight is 577 g/mol. The number of para-hydroxylation sites is 1. The Labute approximate surface area is 245 Å². The third-order valence-corrected chi connectivity index (χ3v) is 8.59. The zero-order chi connectivity index (χ0) is 29.2. The predicted molar refractivity (Wildman–Crippen MR) is 162 cm³/mol. The minimum absolute atomic E-state index is 0.128. The Kier molecular flexibility index (Phi) is 5.80. The Hall–Kier alpha value is -5.09. The fourth-order valence-corrected chi connectivity index (χ4v) is 6.51. The summed E-state index contributed by atoms with van der Waals surface area (Å²) in [5, 5.41) is 2.69. The van der Waals surface area contributed by atoms with Gasteiger partial charge in [0.25, 0.3) is 11.5 Å². The molecule has 0 saturated carbocycles. The van der Waals surface area contributed by atoms with Gasteiger partial charge in [-0.2, -0.15) is 0 Å². The van der Waals surface area contributed by atoms with Crippen LogP contribution in [-0.2, 0) is 6.54 Å². The molecule has 10 nitrogen and oxygen atoms in total. The number of ether oxygens (including phenoxy) is 4. The van der Waals surface area contributed by atoms with Crippen LogP contribution >= 0.6 is 0 Å². The molecule has 6 aromatic rings. The van der Waals surface area contributed by atoms with Crippen molar-refractivity contribution in [1.29, 1.82) is 0 Å². The van der Waals surface area contributed by atoms with E-state index >= 15 is 0 Å². The maximum absolute atomic E-state index is 14.0. The molecule has 43 heavy (non-hydrogen) atoms. The van der Waals surface area contributed by atoms with E-state index in [1.54, 1.807) is 17.6 Å². The number of carbonyl (C=O) groups excluding carboxylic acids is 1. The molecule has 5 heterocycles. The van der Waals surface area contributed by atoms with E-state index in [1.165, 1.54) is 7.11 Å². The molecule has 2 aliphatic rings. The fraction of sp³-hybridized carbons (Fsp3) is 0.242. The van der Waals surface area contributed by atoms with E-state index in [1.807, 2.05) is 53.4 Å². The molecule has 0 radical (unpaired) electrons. The standard InChI is InChI=1S/C33H28N4O6/c1-40-26-10-8-21-28(31(26)41-2)33(39)37-24-6-4-3-5-20(24)22-16-23(34-29(21)30(22)37)32(38)36-13-11-35(12-14-36)17-19-7-9-25-27(15-19)43-18-42-25/h3-10,15-16H,11-14,17-18H2,1-2H3. The van der Waals surface area contributed by atoms with Crippen LogP contribution in [0.4, 0.5) is 0 Å². The maximum Gasteiger partial charge on any atom is 0.272 e. The first kappa shape index (κ1) is 25.6. The van der Waals surface area contributed by atoms with Crippen LogP contribution in [0.3, 0.4) is 0 Å². The van der Waals surface area contributed by atoms with E-state index in [0.29, 0.717) is 52.1 Å². The second kappa shape index (κ2) is 9.74. The van der Waals surface area contributed by atoms with Gasteiger partial charge in [0.05, 0.1) is 36.2 Å². The molecule has 0 bridgehead atoms. The summed E-state index contributed by atoms with van der Waals surface area (Å²) in [5.74, 6) is 2.22. The normalized spacial score (nSPS) is 15.3. The number of hydrogen-bond donors (Lipinski definition) is 0.